The Hall–Kier alpha value is -3.86. The van der Waals surface area contributed by atoms with Crippen LogP contribution in [-0.4, -0.2) is 45.9 Å². The third-order valence-corrected chi connectivity index (χ3v) is 6.13. The zero-order valence-corrected chi connectivity index (χ0v) is 21.6. The first-order chi connectivity index (χ1) is 16.9. The van der Waals surface area contributed by atoms with Crippen LogP contribution in [0.2, 0.25) is 5.02 Å². The molecule has 0 fully saturated rings. The van der Waals surface area contributed by atoms with Gasteiger partial charge in [0.1, 0.15) is 11.3 Å². The first-order valence-corrected chi connectivity index (χ1v) is 11.7. The van der Waals surface area contributed by atoms with Crippen molar-refractivity contribution in [3.63, 3.8) is 0 Å². The number of oxime groups is 1. The van der Waals surface area contributed by atoms with E-state index in [1.54, 1.807) is 59.0 Å². The van der Waals surface area contributed by atoms with Gasteiger partial charge in [0, 0.05) is 24.0 Å². The van der Waals surface area contributed by atoms with E-state index < -0.39 is 22.9 Å². The van der Waals surface area contributed by atoms with Crippen molar-refractivity contribution in [3.05, 3.63) is 61.6 Å². The molecular formula is C24H27ClN6O5. The minimum absolute atomic E-state index is 0.160. The number of hydrogen-bond acceptors (Lipinski definition) is 7. The number of aromatic nitrogens is 5. The highest BCUT2D eigenvalue weighted by atomic mass is 35.5. The Morgan fingerprint density at radius 2 is 1.92 bits per heavy atom. The fraction of sp³-hybridized carbons (Fsp3) is 0.375. The van der Waals surface area contributed by atoms with E-state index >= 15 is 0 Å². The number of carbonyl (C=O) groups excluding carboxylic acids is 1. The van der Waals surface area contributed by atoms with E-state index in [-0.39, 0.29) is 35.8 Å². The number of halogens is 1. The monoisotopic (exact) mass is 514 g/mol. The second-order valence-electron chi connectivity index (χ2n) is 9.39. The topological polar surface area (TPSA) is 126 Å². The smallest absolute Gasteiger partial charge is 0.419 e. The van der Waals surface area contributed by atoms with Crippen molar-refractivity contribution in [2.24, 2.45) is 12.2 Å². The molecule has 0 spiro atoms. The van der Waals surface area contributed by atoms with Gasteiger partial charge in [-0.2, -0.15) is 0 Å². The van der Waals surface area contributed by atoms with Crippen LogP contribution < -0.4 is 11.2 Å². The Morgan fingerprint density at radius 1 is 1.22 bits per heavy atom. The van der Waals surface area contributed by atoms with Crippen LogP contribution in [0.1, 0.15) is 46.1 Å². The van der Waals surface area contributed by atoms with Crippen molar-refractivity contribution < 1.29 is 14.7 Å². The number of rotatable bonds is 4. The van der Waals surface area contributed by atoms with E-state index in [4.69, 9.17) is 16.3 Å². The summed E-state index contributed by atoms with van der Waals surface area (Å²) in [6.07, 6.45) is -0.655. The first-order valence-electron chi connectivity index (χ1n) is 11.3. The van der Waals surface area contributed by atoms with Gasteiger partial charge < -0.3 is 14.5 Å². The summed E-state index contributed by atoms with van der Waals surface area (Å²) in [4.78, 5) is 44.6. The lowest BCUT2D eigenvalue weighted by Crippen LogP contribution is -2.41. The highest BCUT2D eigenvalue weighted by Gasteiger charge is 2.25. The number of hydrogen-bond donors (Lipinski definition) is 1. The summed E-state index contributed by atoms with van der Waals surface area (Å²) in [6.45, 7) is 8.57. The molecule has 1 N–H and O–H groups in total. The fourth-order valence-electron chi connectivity index (χ4n) is 4.21. The highest BCUT2D eigenvalue weighted by molar-refractivity contribution is 6.35. The molecule has 0 saturated heterocycles. The molecular weight excluding hydrogens is 488 g/mol. The number of imidazole rings is 1. The second kappa shape index (κ2) is 8.98. The number of nitrogens with zero attached hydrogens (tertiary/aromatic N) is 6. The highest BCUT2D eigenvalue weighted by Crippen LogP contribution is 2.28. The van der Waals surface area contributed by atoms with E-state index in [2.05, 4.69) is 10.1 Å². The van der Waals surface area contributed by atoms with Gasteiger partial charge in [-0.05, 0) is 52.8 Å². The van der Waals surface area contributed by atoms with Crippen LogP contribution in [0.25, 0.3) is 22.1 Å². The Labute approximate surface area is 210 Å². The third-order valence-electron chi connectivity index (χ3n) is 5.80. The molecule has 190 valence electrons. The van der Waals surface area contributed by atoms with Crippen LogP contribution in [0.4, 0.5) is 4.79 Å². The van der Waals surface area contributed by atoms with Crippen molar-refractivity contribution in [1.82, 2.24) is 23.3 Å². The fourth-order valence-corrected chi connectivity index (χ4v) is 4.43. The summed E-state index contributed by atoms with van der Waals surface area (Å²) in [5.41, 5.74) is -0.588. The Kier molecular flexibility index (Phi) is 6.29. The van der Waals surface area contributed by atoms with Crippen LogP contribution in [0.5, 0.6) is 0 Å². The molecule has 12 heteroatoms. The molecule has 36 heavy (non-hydrogen) atoms. The molecule has 0 bridgehead atoms. The molecule has 1 aromatic carbocycles. The Morgan fingerprint density at radius 3 is 2.53 bits per heavy atom. The van der Waals surface area contributed by atoms with E-state index in [1.165, 1.54) is 20.6 Å². The summed E-state index contributed by atoms with van der Waals surface area (Å²) in [5.74, 6) is 0.249. The molecule has 0 aliphatic carbocycles. The van der Waals surface area contributed by atoms with Crippen LogP contribution in [0, 0.1) is 0 Å². The van der Waals surface area contributed by atoms with Crippen molar-refractivity contribution >= 4 is 45.5 Å². The second-order valence-corrected chi connectivity index (χ2v) is 9.80. The normalized spacial score (nSPS) is 12.6. The van der Waals surface area contributed by atoms with Crippen LogP contribution in [-0.2, 0) is 24.9 Å². The molecule has 0 radical (unpaired) electrons. The predicted octanol–water partition coefficient (Wildman–Crippen LogP) is 3.55. The summed E-state index contributed by atoms with van der Waals surface area (Å²) in [7, 11) is 1.60. The zero-order valence-electron chi connectivity index (χ0n) is 20.9. The zero-order chi connectivity index (χ0) is 26.5. The molecule has 4 aromatic rings. The van der Waals surface area contributed by atoms with Crippen molar-refractivity contribution in [2.45, 2.75) is 53.3 Å². The molecule has 0 aliphatic heterocycles. The molecule has 0 saturated carbocycles. The quantitative estimate of drug-likeness (QED) is 0.252. The lowest BCUT2D eigenvalue weighted by Gasteiger charge is -2.21. The van der Waals surface area contributed by atoms with Crippen LogP contribution >= 0.6 is 11.6 Å². The number of aryl methyl sites for hydroxylation is 2. The van der Waals surface area contributed by atoms with E-state index in [1.807, 2.05) is 0 Å². The van der Waals surface area contributed by atoms with Gasteiger partial charge in [-0.1, -0.05) is 22.8 Å². The molecule has 0 amide bonds. The van der Waals surface area contributed by atoms with Crippen LogP contribution in [0.15, 0.2) is 39.0 Å². The number of carbonyl (C=O) groups is 1. The van der Waals surface area contributed by atoms with Crippen molar-refractivity contribution in [2.75, 3.05) is 0 Å². The molecule has 3 aromatic heterocycles. The minimum Gasteiger partial charge on any atom is -0.443 e. The molecule has 3 heterocycles. The van der Waals surface area contributed by atoms with Gasteiger partial charge in [0.2, 0.25) is 0 Å². The van der Waals surface area contributed by atoms with Gasteiger partial charge in [-0.15, -0.1) is 0 Å². The lowest BCUT2D eigenvalue weighted by molar-refractivity contribution is 0.0540. The van der Waals surface area contributed by atoms with Crippen molar-refractivity contribution in [1.29, 1.82) is 0 Å². The molecule has 0 atom stereocenters. The van der Waals surface area contributed by atoms with Gasteiger partial charge in [0.05, 0.1) is 17.8 Å². The largest absolute Gasteiger partial charge is 0.443 e. The standard InChI is InChI=1S/C24H27ClN6O5/c1-7-29-20-18(28(6)19(26-20)13(2)27-35)21(32)30(22(29)33)12-14-11-15-16(25)9-8-10-17(15)31(14)23(34)36-24(3,4)5/h8-11,35H,7,12H2,1-6H3/b27-13-. The summed E-state index contributed by atoms with van der Waals surface area (Å²) in [6, 6.07) is 6.79. The maximum atomic E-state index is 13.6. The van der Waals surface area contributed by atoms with Gasteiger partial charge in [-0.25, -0.2) is 19.1 Å². The number of fused-ring (bicyclic) bond motifs is 2. The van der Waals surface area contributed by atoms with Gasteiger partial charge in [0.25, 0.3) is 5.56 Å². The van der Waals surface area contributed by atoms with E-state index in [9.17, 15) is 19.6 Å². The van der Waals surface area contributed by atoms with Crippen molar-refractivity contribution in [3.8, 4) is 0 Å². The lowest BCUT2D eigenvalue weighted by atomic mass is 10.2. The number of ether oxygens (including phenoxy) is 1. The number of benzene rings is 1. The Balaban J connectivity index is 2.00. The SMILES string of the molecule is CCn1c(=O)n(Cc2cc3c(Cl)cccc3n2C(=O)OC(C)(C)C)c(=O)c2c1nc(/C(C)=N\O)n2C. The van der Waals surface area contributed by atoms with E-state index in [0.29, 0.717) is 21.6 Å². The van der Waals surface area contributed by atoms with Gasteiger partial charge in [0.15, 0.2) is 17.0 Å². The average Bonchev–Trinajstić information content (AvgIpc) is 3.34. The molecule has 0 unspecified atom stereocenters. The van der Waals surface area contributed by atoms with Gasteiger partial charge in [-0.3, -0.25) is 13.9 Å². The Bertz CT molecular complexity index is 1660. The maximum Gasteiger partial charge on any atom is 0.419 e. The predicted molar refractivity (Wildman–Crippen MR) is 137 cm³/mol. The minimum atomic E-state index is -0.772. The molecule has 11 nitrogen and oxygen atoms in total. The van der Waals surface area contributed by atoms with Crippen LogP contribution in [0.3, 0.4) is 0 Å². The third kappa shape index (κ3) is 4.09. The first kappa shape index (κ1) is 25.2. The summed E-state index contributed by atoms with van der Waals surface area (Å²) in [5, 5.41) is 13.4. The van der Waals surface area contributed by atoms with Gasteiger partial charge >= 0.3 is 11.8 Å². The summed E-state index contributed by atoms with van der Waals surface area (Å²) >= 11 is 6.40. The summed E-state index contributed by atoms with van der Waals surface area (Å²) < 4.78 is 10.8. The van der Waals surface area contributed by atoms with E-state index in [0.717, 1.165) is 4.57 Å². The maximum absolute atomic E-state index is 13.6. The molecule has 0 aliphatic rings. The molecule has 4 rings (SSSR count). The average molecular weight is 515 g/mol.